The molecule has 1 N–H and O–H groups in total. The predicted octanol–water partition coefficient (Wildman–Crippen LogP) is 2.75. The molecule has 0 fully saturated rings. The van der Waals surface area contributed by atoms with Gasteiger partial charge in [0.1, 0.15) is 5.75 Å². The molecule has 0 radical (unpaired) electrons. The molecule has 0 saturated heterocycles. The van der Waals surface area contributed by atoms with E-state index in [1.807, 2.05) is 18.2 Å². The highest BCUT2D eigenvalue weighted by atomic mass is 16.5. The van der Waals surface area contributed by atoms with Gasteiger partial charge >= 0.3 is 5.97 Å². The molecular formula is C14H16O3. The maximum Gasteiger partial charge on any atom is 0.328 e. The topological polar surface area (TPSA) is 46.5 Å². The number of carboxylic acid groups (broad SMARTS) is 1. The quantitative estimate of drug-likeness (QED) is 0.797. The number of aliphatic carboxylic acids is 1. The Kier molecular flexibility index (Phi) is 3.18. The molecule has 0 spiro atoms. The minimum Gasteiger partial charge on any atom is -0.496 e. The highest BCUT2D eigenvalue weighted by Crippen LogP contribution is 2.39. The molecule has 90 valence electrons. The first-order valence-electron chi connectivity index (χ1n) is 5.74. The largest absolute Gasteiger partial charge is 0.496 e. The Morgan fingerprint density at radius 1 is 1.53 bits per heavy atom. The monoisotopic (exact) mass is 232 g/mol. The summed E-state index contributed by atoms with van der Waals surface area (Å²) in [5.74, 6) is 0.249. The van der Waals surface area contributed by atoms with Gasteiger partial charge in [-0.2, -0.15) is 0 Å². The molecule has 3 nitrogen and oxygen atoms in total. The zero-order chi connectivity index (χ0) is 12.4. The fraction of sp³-hybridized carbons (Fsp3) is 0.357. The van der Waals surface area contributed by atoms with Crippen molar-refractivity contribution in [1.29, 1.82) is 0 Å². The van der Waals surface area contributed by atoms with Crippen LogP contribution >= 0.6 is 0 Å². The number of hydrogen-bond acceptors (Lipinski definition) is 2. The first-order valence-corrected chi connectivity index (χ1v) is 5.74. The van der Waals surface area contributed by atoms with Crippen LogP contribution in [0.4, 0.5) is 0 Å². The van der Waals surface area contributed by atoms with Crippen LogP contribution in [0.2, 0.25) is 0 Å². The van der Waals surface area contributed by atoms with Crippen molar-refractivity contribution in [3.63, 3.8) is 0 Å². The molecule has 1 unspecified atom stereocenters. The van der Waals surface area contributed by atoms with Crippen molar-refractivity contribution in [2.45, 2.75) is 19.8 Å². The average molecular weight is 232 g/mol. The van der Waals surface area contributed by atoms with E-state index in [1.165, 1.54) is 6.08 Å². The number of ether oxygens (including phenoxy) is 1. The predicted molar refractivity (Wildman–Crippen MR) is 66.1 cm³/mol. The minimum atomic E-state index is -0.887. The highest BCUT2D eigenvalue weighted by Gasteiger charge is 2.23. The van der Waals surface area contributed by atoms with Gasteiger partial charge in [-0.25, -0.2) is 4.79 Å². The van der Waals surface area contributed by atoms with Crippen molar-refractivity contribution in [1.82, 2.24) is 0 Å². The van der Waals surface area contributed by atoms with Crippen molar-refractivity contribution in [3.05, 3.63) is 35.4 Å². The fourth-order valence-corrected chi connectivity index (χ4v) is 2.42. The molecule has 1 aliphatic rings. The van der Waals surface area contributed by atoms with Crippen molar-refractivity contribution in [2.24, 2.45) is 5.92 Å². The number of rotatable bonds is 2. The Bertz CT molecular complexity index is 474. The maximum atomic E-state index is 10.9. The van der Waals surface area contributed by atoms with E-state index in [2.05, 4.69) is 6.92 Å². The number of allylic oxidation sites excluding steroid dienone is 1. The van der Waals surface area contributed by atoms with E-state index in [4.69, 9.17) is 9.84 Å². The van der Waals surface area contributed by atoms with E-state index in [-0.39, 0.29) is 5.92 Å². The molecular weight excluding hydrogens is 216 g/mol. The van der Waals surface area contributed by atoms with Crippen LogP contribution in [0, 0.1) is 5.92 Å². The van der Waals surface area contributed by atoms with E-state index in [9.17, 15) is 4.79 Å². The number of hydrogen-bond donors (Lipinski definition) is 1. The van der Waals surface area contributed by atoms with Crippen LogP contribution in [-0.2, 0) is 11.2 Å². The Morgan fingerprint density at radius 2 is 2.29 bits per heavy atom. The Balaban J connectivity index is 2.56. The van der Waals surface area contributed by atoms with Gasteiger partial charge in [-0.05, 0) is 36.0 Å². The van der Waals surface area contributed by atoms with Crippen molar-refractivity contribution < 1.29 is 14.6 Å². The number of methoxy groups -OCH3 is 1. The van der Waals surface area contributed by atoms with Gasteiger partial charge in [0.2, 0.25) is 0 Å². The molecule has 3 heteroatoms. The van der Waals surface area contributed by atoms with E-state index < -0.39 is 5.97 Å². The summed E-state index contributed by atoms with van der Waals surface area (Å²) in [5, 5.41) is 8.93. The zero-order valence-corrected chi connectivity index (χ0v) is 10.1. The number of carboxylic acids is 1. The molecule has 1 aromatic carbocycles. The summed E-state index contributed by atoms with van der Waals surface area (Å²) in [7, 11) is 1.65. The number of fused-ring (bicyclic) bond motifs is 1. The van der Waals surface area contributed by atoms with Crippen LogP contribution < -0.4 is 4.74 Å². The third kappa shape index (κ3) is 2.18. The standard InChI is InChI=1S/C14H16O3/c1-9-6-7-11-10(12(9)8-14(15)16)4-3-5-13(11)17-2/h3-5,8-9H,6-7H2,1-2H3,(H,15,16)/b12-8+. The van der Waals surface area contributed by atoms with E-state index in [1.54, 1.807) is 7.11 Å². The zero-order valence-electron chi connectivity index (χ0n) is 10.1. The molecule has 0 aliphatic heterocycles. The van der Waals surface area contributed by atoms with E-state index in [0.717, 1.165) is 35.3 Å². The van der Waals surface area contributed by atoms with Gasteiger partial charge in [0.25, 0.3) is 0 Å². The Morgan fingerprint density at radius 3 is 2.94 bits per heavy atom. The minimum absolute atomic E-state index is 0.283. The van der Waals surface area contributed by atoms with Gasteiger partial charge in [-0.3, -0.25) is 0 Å². The van der Waals surface area contributed by atoms with E-state index in [0.29, 0.717) is 0 Å². The Hall–Kier alpha value is -1.77. The van der Waals surface area contributed by atoms with Crippen LogP contribution in [0.1, 0.15) is 24.5 Å². The maximum absolute atomic E-state index is 10.9. The van der Waals surface area contributed by atoms with Crippen LogP contribution in [0.25, 0.3) is 5.57 Å². The second-order valence-corrected chi connectivity index (χ2v) is 4.36. The van der Waals surface area contributed by atoms with Gasteiger partial charge in [0.05, 0.1) is 7.11 Å². The van der Waals surface area contributed by atoms with Gasteiger partial charge in [-0.1, -0.05) is 19.1 Å². The third-order valence-corrected chi connectivity index (χ3v) is 3.30. The SMILES string of the molecule is COc1cccc2c1CCC(C)/C2=C\C(=O)O. The van der Waals surface area contributed by atoms with Crippen molar-refractivity contribution in [2.75, 3.05) is 7.11 Å². The molecule has 0 saturated carbocycles. The van der Waals surface area contributed by atoms with Crippen LogP contribution in [-0.4, -0.2) is 18.2 Å². The normalized spacial score (nSPS) is 21.1. The number of benzene rings is 1. The third-order valence-electron chi connectivity index (χ3n) is 3.30. The summed E-state index contributed by atoms with van der Waals surface area (Å²) in [6.45, 7) is 2.07. The van der Waals surface area contributed by atoms with Gasteiger partial charge < -0.3 is 9.84 Å². The summed E-state index contributed by atoms with van der Waals surface area (Å²) < 4.78 is 5.33. The molecule has 0 bridgehead atoms. The first kappa shape index (κ1) is 11.7. The lowest BCUT2D eigenvalue weighted by Gasteiger charge is -2.26. The average Bonchev–Trinajstić information content (AvgIpc) is 2.31. The summed E-state index contributed by atoms with van der Waals surface area (Å²) >= 11 is 0. The molecule has 1 atom stereocenters. The van der Waals surface area contributed by atoms with Crippen LogP contribution in [0.15, 0.2) is 24.3 Å². The number of carbonyl (C=O) groups is 1. The fourth-order valence-electron chi connectivity index (χ4n) is 2.42. The Labute approximate surface area is 101 Å². The van der Waals surface area contributed by atoms with Crippen LogP contribution in [0.5, 0.6) is 5.75 Å². The van der Waals surface area contributed by atoms with Gasteiger partial charge in [0.15, 0.2) is 0 Å². The molecule has 2 rings (SSSR count). The smallest absolute Gasteiger partial charge is 0.328 e. The lowest BCUT2D eigenvalue weighted by atomic mass is 9.80. The van der Waals surface area contributed by atoms with Gasteiger partial charge in [0, 0.05) is 11.6 Å². The second-order valence-electron chi connectivity index (χ2n) is 4.36. The molecule has 0 amide bonds. The van der Waals surface area contributed by atoms with Crippen molar-refractivity contribution >= 4 is 11.5 Å². The van der Waals surface area contributed by atoms with E-state index >= 15 is 0 Å². The van der Waals surface area contributed by atoms with Crippen molar-refractivity contribution in [3.8, 4) is 5.75 Å². The van der Waals surface area contributed by atoms with Crippen LogP contribution in [0.3, 0.4) is 0 Å². The molecule has 0 aromatic heterocycles. The lowest BCUT2D eigenvalue weighted by molar-refractivity contribution is -0.131. The summed E-state index contributed by atoms with van der Waals surface area (Å²) in [6.07, 6.45) is 3.23. The summed E-state index contributed by atoms with van der Waals surface area (Å²) in [6, 6.07) is 5.81. The first-order chi connectivity index (χ1) is 8.13. The summed E-state index contributed by atoms with van der Waals surface area (Å²) in [5.41, 5.74) is 3.05. The molecule has 1 aliphatic carbocycles. The molecule has 17 heavy (non-hydrogen) atoms. The second kappa shape index (κ2) is 4.62. The molecule has 0 heterocycles. The lowest BCUT2D eigenvalue weighted by Crippen LogP contribution is -2.12. The van der Waals surface area contributed by atoms with Gasteiger partial charge in [-0.15, -0.1) is 0 Å². The highest BCUT2D eigenvalue weighted by molar-refractivity contribution is 5.91. The molecule has 1 aromatic rings. The summed E-state index contributed by atoms with van der Waals surface area (Å²) in [4.78, 5) is 10.9.